The SMILES string of the molecule is Cc1ccccc1C(=O)c1ccc(-c2ccc(CN(C)C)cc2)cc1C. The van der Waals surface area contributed by atoms with E-state index in [1.165, 1.54) is 11.1 Å². The number of nitrogens with zero attached hydrogens (tertiary/aromatic N) is 1. The lowest BCUT2D eigenvalue weighted by molar-refractivity contribution is 0.103. The summed E-state index contributed by atoms with van der Waals surface area (Å²) >= 11 is 0. The molecule has 0 radical (unpaired) electrons. The third-order valence-electron chi connectivity index (χ3n) is 4.65. The first-order chi connectivity index (χ1) is 12.5. The molecule has 0 amide bonds. The molecule has 0 aliphatic rings. The molecular formula is C24H25NO. The molecule has 2 heteroatoms. The average molecular weight is 343 g/mol. The van der Waals surface area contributed by atoms with Crippen molar-refractivity contribution in [3.63, 3.8) is 0 Å². The van der Waals surface area contributed by atoms with E-state index in [9.17, 15) is 4.79 Å². The number of hydrogen-bond donors (Lipinski definition) is 0. The Morgan fingerprint density at radius 2 is 1.38 bits per heavy atom. The highest BCUT2D eigenvalue weighted by atomic mass is 16.1. The van der Waals surface area contributed by atoms with Crippen molar-refractivity contribution in [1.82, 2.24) is 4.90 Å². The summed E-state index contributed by atoms with van der Waals surface area (Å²) in [5.74, 6) is 0.0912. The Bertz CT molecular complexity index is 923. The summed E-state index contributed by atoms with van der Waals surface area (Å²) < 4.78 is 0. The maximum absolute atomic E-state index is 12.9. The minimum atomic E-state index is 0.0912. The van der Waals surface area contributed by atoms with Gasteiger partial charge in [0.05, 0.1) is 0 Å². The Morgan fingerprint density at radius 1 is 0.769 bits per heavy atom. The zero-order valence-electron chi connectivity index (χ0n) is 15.9. The second-order valence-electron chi connectivity index (χ2n) is 7.11. The zero-order chi connectivity index (χ0) is 18.7. The van der Waals surface area contributed by atoms with E-state index in [4.69, 9.17) is 0 Å². The lowest BCUT2D eigenvalue weighted by Gasteiger charge is -2.12. The van der Waals surface area contributed by atoms with Crippen LogP contribution in [0.2, 0.25) is 0 Å². The second-order valence-corrected chi connectivity index (χ2v) is 7.11. The van der Waals surface area contributed by atoms with E-state index < -0.39 is 0 Å². The molecule has 0 bridgehead atoms. The molecule has 3 aromatic carbocycles. The Morgan fingerprint density at radius 3 is 2.00 bits per heavy atom. The number of benzene rings is 3. The largest absolute Gasteiger partial charge is 0.305 e. The van der Waals surface area contributed by atoms with Crippen LogP contribution < -0.4 is 0 Å². The maximum atomic E-state index is 12.9. The third kappa shape index (κ3) is 3.92. The molecular weight excluding hydrogens is 318 g/mol. The summed E-state index contributed by atoms with van der Waals surface area (Å²) in [6, 6.07) is 22.5. The van der Waals surface area contributed by atoms with E-state index in [2.05, 4.69) is 49.3 Å². The van der Waals surface area contributed by atoms with Crippen LogP contribution in [-0.4, -0.2) is 24.8 Å². The van der Waals surface area contributed by atoms with E-state index in [1.807, 2.05) is 50.2 Å². The molecule has 0 saturated heterocycles. The summed E-state index contributed by atoms with van der Waals surface area (Å²) in [5, 5.41) is 0. The quantitative estimate of drug-likeness (QED) is 0.589. The summed E-state index contributed by atoms with van der Waals surface area (Å²) in [4.78, 5) is 15.0. The van der Waals surface area contributed by atoms with Gasteiger partial charge >= 0.3 is 0 Å². The van der Waals surface area contributed by atoms with Gasteiger partial charge in [-0.3, -0.25) is 4.79 Å². The monoisotopic (exact) mass is 343 g/mol. The van der Waals surface area contributed by atoms with E-state index in [0.29, 0.717) is 0 Å². The topological polar surface area (TPSA) is 20.3 Å². The van der Waals surface area contributed by atoms with Crippen LogP contribution in [0.25, 0.3) is 11.1 Å². The molecule has 3 aromatic rings. The van der Waals surface area contributed by atoms with Gasteiger partial charge in [0, 0.05) is 17.7 Å². The van der Waals surface area contributed by atoms with Crippen molar-refractivity contribution in [1.29, 1.82) is 0 Å². The first kappa shape index (κ1) is 18.1. The van der Waals surface area contributed by atoms with Crippen LogP contribution in [0.15, 0.2) is 66.7 Å². The van der Waals surface area contributed by atoms with Gasteiger partial charge in [-0.15, -0.1) is 0 Å². The second kappa shape index (κ2) is 7.67. The number of aryl methyl sites for hydroxylation is 2. The van der Waals surface area contributed by atoms with Crippen molar-refractivity contribution in [3.8, 4) is 11.1 Å². The summed E-state index contributed by atoms with van der Waals surface area (Å²) in [6.45, 7) is 4.92. The fraction of sp³-hybridized carbons (Fsp3) is 0.208. The Hall–Kier alpha value is -2.71. The van der Waals surface area contributed by atoms with E-state index in [-0.39, 0.29) is 5.78 Å². The van der Waals surface area contributed by atoms with Crippen molar-refractivity contribution in [3.05, 3.63) is 94.5 Å². The van der Waals surface area contributed by atoms with Crippen molar-refractivity contribution in [2.45, 2.75) is 20.4 Å². The van der Waals surface area contributed by atoms with Crippen LogP contribution in [0, 0.1) is 13.8 Å². The Kier molecular flexibility index (Phi) is 5.34. The highest BCUT2D eigenvalue weighted by molar-refractivity contribution is 6.11. The molecule has 0 aliphatic carbocycles. The smallest absolute Gasteiger partial charge is 0.193 e. The molecule has 0 aliphatic heterocycles. The normalized spacial score (nSPS) is 11.0. The lowest BCUT2D eigenvalue weighted by atomic mass is 9.93. The van der Waals surface area contributed by atoms with E-state index in [1.54, 1.807) is 0 Å². The highest BCUT2D eigenvalue weighted by Gasteiger charge is 2.14. The van der Waals surface area contributed by atoms with Gasteiger partial charge in [-0.05, 0) is 55.8 Å². The molecule has 0 fully saturated rings. The predicted octanol–water partition coefficient (Wildman–Crippen LogP) is 5.26. The average Bonchev–Trinajstić information content (AvgIpc) is 2.61. The molecule has 0 spiro atoms. The van der Waals surface area contributed by atoms with Gasteiger partial charge in [-0.2, -0.15) is 0 Å². The van der Waals surface area contributed by atoms with Crippen LogP contribution >= 0.6 is 0 Å². The fourth-order valence-corrected chi connectivity index (χ4v) is 3.24. The van der Waals surface area contributed by atoms with Crippen molar-refractivity contribution >= 4 is 5.78 Å². The Labute approximate surface area is 156 Å². The molecule has 26 heavy (non-hydrogen) atoms. The third-order valence-corrected chi connectivity index (χ3v) is 4.65. The van der Waals surface area contributed by atoms with Crippen molar-refractivity contribution in [2.75, 3.05) is 14.1 Å². The van der Waals surface area contributed by atoms with E-state index in [0.717, 1.165) is 34.4 Å². The molecule has 0 unspecified atom stereocenters. The molecule has 3 rings (SSSR count). The standard InChI is InChI=1S/C24H25NO/c1-17-7-5-6-8-22(17)24(26)23-14-13-21(15-18(23)2)20-11-9-19(10-12-20)16-25(3)4/h5-15H,16H2,1-4H3. The summed E-state index contributed by atoms with van der Waals surface area (Å²) in [7, 11) is 4.14. The predicted molar refractivity (Wildman–Crippen MR) is 109 cm³/mol. The zero-order valence-corrected chi connectivity index (χ0v) is 15.9. The van der Waals surface area contributed by atoms with Gasteiger partial charge < -0.3 is 4.90 Å². The maximum Gasteiger partial charge on any atom is 0.193 e. The number of ketones is 1. The molecule has 0 atom stereocenters. The summed E-state index contributed by atoms with van der Waals surface area (Å²) in [5.41, 5.74) is 7.17. The minimum absolute atomic E-state index is 0.0912. The van der Waals surface area contributed by atoms with Gasteiger partial charge in [0.15, 0.2) is 5.78 Å². The molecule has 2 nitrogen and oxygen atoms in total. The number of carbonyl (C=O) groups excluding carboxylic acids is 1. The number of carbonyl (C=O) groups is 1. The van der Waals surface area contributed by atoms with Gasteiger partial charge in [0.2, 0.25) is 0 Å². The first-order valence-electron chi connectivity index (χ1n) is 8.91. The van der Waals surface area contributed by atoms with Crippen LogP contribution in [-0.2, 0) is 6.54 Å². The van der Waals surface area contributed by atoms with Crippen LogP contribution in [0.3, 0.4) is 0 Å². The Balaban J connectivity index is 1.88. The van der Waals surface area contributed by atoms with Gasteiger partial charge in [-0.25, -0.2) is 0 Å². The minimum Gasteiger partial charge on any atom is -0.305 e. The fourth-order valence-electron chi connectivity index (χ4n) is 3.24. The van der Waals surface area contributed by atoms with Gasteiger partial charge in [0.1, 0.15) is 0 Å². The van der Waals surface area contributed by atoms with Gasteiger partial charge in [0.25, 0.3) is 0 Å². The number of hydrogen-bond acceptors (Lipinski definition) is 2. The molecule has 0 N–H and O–H groups in total. The summed E-state index contributed by atoms with van der Waals surface area (Å²) in [6.07, 6.45) is 0. The lowest BCUT2D eigenvalue weighted by Crippen LogP contribution is -2.10. The molecule has 132 valence electrons. The van der Waals surface area contributed by atoms with Crippen molar-refractivity contribution < 1.29 is 4.79 Å². The van der Waals surface area contributed by atoms with Crippen LogP contribution in [0.1, 0.15) is 32.6 Å². The highest BCUT2D eigenvalue weighted by Crippen LogP contribution is 2.25. The van der Waals surface area contributed by atoms with Crippen LogP contribution in [0.4, 0.5) is 0 Å². The van der Waals surface area contributed by atoms with E-state index >= 15 is 0 Å². The van der Waals surface area contributed by atoms with Crippen LogP contribution in [0.5, 0.6) is 0 Å². The molecule has 0 aromatic heterocycles. The van der Waals surface area contributed by atoms with Crippen molar-refractivity contribution in [2.24, 2.45) is 0 Å². The first-order valence-corrected chi connectivity index (χ1v) is 8.91. The molecule has 0 saturated carbocycles. The molecule has 0 heterocycles. The number of rotatable bonds is 5. The van der Waals surface area contributed by atoms with Gasteiger partial charge in [-0.1, -0.05) is 66.7 Å².